The molecule has 1 aliphatic carbocycles. The van der Waals surface area contributed by atoms with Gasteiger partial charge in [0.2, 0.25) is 0 Å². The Kier molecular flexibility index (Phi) is 3.87. The number of aromatic carboxylic acids is 1. The van der Waals surface area contributed by atoms with Crippen LogP contribution in [0.5, 0.6) is 0 Å². The molecule has 0 radical (unpaired) electrons. The quantitative estimate of drug-likeness (QED) is 0.869. The summed E-state index contributed by atoms with van der Waals surface area (Å²) in [6.07, 6.45) is 8.30. The minimum Gasteiger partial charge on any atom is -0.477 e. The van der Waals surface area contributed by atoms with Gasteiger partial charge in [-0.3, -0.25) is 0 Å². The number of carboxylic acid groups (broad SMARTS) is 1. The zero-order valence-electron chi connectivity index (χ0n) is 10.4. The van der Waals surface area contributed by atoms with Gasteiger partial charge in [0.05, 0.1) is 0 Å². The fourth-order valence-electron chi connectivity index (χ4n) is 2.95. The topological polar surface area (TPSA) is 42.2 Å². The monoisotopic (exact) mass is 235 g/mol. The van der Waals surface area contributed by atoms with Crippen LogP contribution in [-0.2, 0) is 6.54 Å². The van der Waals surface area contributed by atoms with Crippen LogP contribution in [0.1, 0.15) is 49.5 Å². The molecule has 1 saturated carbocycles. The van der Waals surface area contributed by atoms with Crippen LogP contribution in [0, 0.1) is 11.8 Å². The lowest BCUT2D eigenvalue weighted by molar-refractivity contribution is 0.0684. The molecule has 1 N–H and O–H groups in total. The lowest BCUT2D eigenvalue weighted by atomic mass is 9.81. The second-order valence-electron chi connectivity index (χ2n) is 5.32. The highest BCUT2D eigenvalue weighted by Gasteiger charge is 2.19. The molecule has 2 atom stereocenters. The summed E-state index contributed by atoms with van der Waals surface area (Å²) < 4.78 is 1.86. The van der Waals surface area contributed by atoms with Crippen molar-refractivity contribution in [3.05, 3.63) is 24.0 Å². The van der Waals surface area contributed by atoms with Crippen molar-refractivity contribution >= 4 is 5.97 Å². The van der Waals surface area contributed by atoms with Crippen molar-refractivity contribution in [1.29, 1.82) is 0 Å². The predicted octanol–water partition coefficient (Wildman–Crippen LogP) is 3.40. The highest BCUT2D eigenvalue weighted by atomic mass is 16.4. The van der Waals surface area contributed by atoms with E-state index in [1.165, 1.54) is 25.7 Å². The van der Waals surface area contributed by atoms with E-state index in [2.05, 4.69) is 6.92 Å². The van der Waals surface area contributed by atoms with Gasteiger partial charge in [-0.25, -0.2) is 4.79 Å². The van der Waals surface area contributed by atoms with Crippen molar-refractivity contribution in [2.24, 2.45) is 11.8 Å². The SMILES string of the molecule is CC1CCCC(CCn2cccc2C(=O)O)C1. The molecule has 0 spiro atoms. The number of carboxylic acids is 1. The Balaban J connectivity index is 1.89. The standard InChI is InChI=1S/C14H21NO2/c1-11-4-2-5-12(10-11)7-9-15-8-3-6-13(15)14(16)17/h3,6,8,11-12H,2,4-5,7,9-10H2,1H3,(H,16,17). The minimum absolute atomic E-state index is 0.411. The van der Waals surface area contributed by atoms with E-state index in [-0.39, 0.29) is 0 Å². The number of aryl methyl sites for hydroxylation is 1. The average Bonchev–Trinajstić information content (AvgIpc) is 2.74. The highest BCUT2D eigenvalue weighted by Crippen LogP contribution is 2.31. The van der Waals surface area contributed by atoms with Crippen LogP contribution in [0.15, 0.2) is 18.3 Å². The van der Waals surface area contributed by atoms with Crippen LogP contribution in [0.2, 0.25) is 0 Å². The fraction of sp³-hybridized carbons (Fsp3) is 0.643. The van der Waals surface area contributed by atoms with Crippen molar-refractivity contribution in [2.45, 2.75) is 45.6 Å². The van der Waals surface area contributed by atoms with Gasteiger partial charge in [-0.15, -0.1) is 0 Å². The lowest BCUT2D eigenvalue weighted by Gasteiger charge is -2.26. The third kappa shape index (κ3) is 3.11. The van der Waals surface area contributed by atoms with Crippen LogP contribution < -0.4 is 0 Å². The molecule has 0 bridgehead atoms. The first kappa shape index (κ1) is 12.2. The molecule has 1 aromatic rings. The first-order valence-corrected chi connectivity index (χ1v) is 6.55. The molecular weight excluding hydrogens is 214 g/mol. The first-order valence-electron chi connectivity index (χ1n) is 6.55. The molecule has 3 heteroatoms. The lowest BCUT2D eigenvalue weighted by Crippen LogP contribution is -2.16. The number of rotatable bonds is 4. The predicted molar refractivity (Wildman–Crippen MR) is 67.1 cm³/mol. The first-order chi connectivity index (χ1) is 8.16. The van der Waals surface area contributed by atoms with Gasteiger partial charge in [0.15, 0.2) is 0 Å². The Morgan fingerprint density at radius 1 is 1.53 bits per heavy atom. The molecular formula is C14H21NO2. The van der Waals surface area contributed by atoms with Crippen molar-refractivity contribution in [3.8, 4) is 0 Å². The summed E-state index contributed by atoms with van der Waals surface area (Å²) in [5.41, 5.74) is 0.411. The Labute approximate surface area is 102 Å². The summed E-state index contributed by atoms with van der Waals surface area (Å²) in [4.78, 5) is 11.0. The molecule has 0 aromatic carbocycles. The summed E-state index contributed by atoms with van der Waals surface area (Å²) in [5, 5.41) is 9.01. The van der Waals surface area contributed by atoms with Gasteiger partial charge in [-0.05, 0) is 36.8 Å². The molecule has 2 unspecified atom stereocenters. The maximum absolute atomic E-state index is 11.0. The molecule has 0 amide bonds. The summed E-state index contributed by atoms with van der Waals surface area (Å²) in [5.74, 6) is 0.798. The Bertz CT molecular complexity index is 383. The van der Waals surface area contributed by atoms with Gasteiger partial charge < -0.3 is 9.67 Å². The van der Waals surface area contributed by atoms with E-state index in [1.807, 2.05) is 16.8 Å². The number of carbonyl (C=O) groups is 1. The third-order valence-electron chi connectivity index (χ3n) is 3.87. The van der Waals surface area contributed by atoms with Crippen molar-refractivity contribution in [3.63, 3.8) is 0 Å². The van der Waals surface area contributed by atoms with Gasteiger partial charge in [-0.1, -0.05) is 26.2 Å². The number of aromatic nitrogens is 1. The summed E-state index contributed by atoms with van der Waals surface area (Å²) in [6, 6.07) is 3.48. The molecule has 94 valence electrons. The smallest absolute Gasteiger partial charge is 0.352 e. The maximum Gasteiger partial charge on any atom is 0.352 e. The number of nitrogens with zero attached hydrogens (tertiary/aromatic N) is 1. The van der Waals surface area contributed by atoms with E-state index in [4.69, 9.17) is 5.11 Å². The van der Waals surface area contributed by atoms with E-state index >= 15 is 0 Å². The van der Waals surface area contributed by atoms with E-state index in [9.17, 15) is 4.79 Å². The molecule has 1 heterocycles. The highest BCUT2D eigenvalue weighted by molar-refractivity contribution is 5.85. The van der Waals surface area contributed by atoms with Crippen LogP contribution >= 0.6 is 0 Å². The summed E-state index contributed by atoms with van der Waals surface area (Å²) in [6.45, 7) is 3.16. The zero-order valence-corrected chi connectivity index (χ0v) is 10.4. The van der Waals surface area contributed by atoms with E-state index in [0.717, 1.165) is 24.8 Å². The Morgan fingerprint density at radius 2 is 2.35 bits per heavy atom. The van der Waals surface area contributed by atoms with Crippen LogP contribution in [0.3, 0.4) is 0 Å². The van der Waals surface area contributed by atoms with E-state index in [0.29, 0.717) is 5.69 Å². The second-order valence-corrected chi connectivity index (χ2v) is 5.32. The van der Waals surface area contributed by atoms with Gasteiger partial charge >= 0.3 is 5.97 Å². The molecule has 1 fully saturated rings. The van der Waals surface area contributed by atoms with Crippen LogP contribution in [-0.4, -0.2) is 15.6 Å². The average molecular weight is 235 g/mol. The largest absolute Gasteiger partial charge is 0.477 e. The summed E-state index contributed by atoms with van der Waals surface area (Å²) in [7, 11) is 0. The number of hydrogen-bond acceptors (Lipinski definition) is 1. The third-order valence-corrected chi connectivity index (χ3v) is 3.87. The van der Waals surface area contributed by atoms with Gasteiger partial charge in [0, 0.05) is 12.7 Å². The van der Waals surface area contributed by atoms with Crippen molar-refractivity contribution in [2.75, 3.05) is 0 Å². The van der Waals surface area contributed by atoms with Crippen LogP contribution in [0.4, 0.5) is 0 Å². The maximum atomic E-state index is 11.0. The van der Waals surface area contributed by atoms with Crippen molar-refractivity contribution < 1.29 is 9.90 Å². The van der Waals surface area contributed by atoms with Gasteiger partial charge in [0.1, 0.15) is 5.69 Å². The van der Waals surface area contributed by atoms with Crippen molar-refractivity contribution in [1.82, 2.24) is 4.57 Å². The van der Waals surface area contributed by atoms with Gasteiger partial charge in [-0.2, -0.15) is 0 Å². The van der Waals surface area contributed by atoms with Gasteiger partial charge in [0.25, 0.3) is 0 Å². The molecule has 17 heavy (non-hydrogen) atoms. The molecule has 0 saturated heterocycles. The minimum atomic E-state index is -0.827. The molecule has 3 nitrogen and oxygen atoms in total. The fourth-order valence-corrected chi connectivity index (χ4v) is 2.95. The van der Waals surface area contributed by atoms with Crippen LogP contribution in [0.25, 0.3) is 0 Å². The Hall–Kier alpha value is -1.25. The molecule has 2 rings (SSSR count). The molecule has 1 aliphatic rings. The zero-order chi connectivity index (χ0) is 12.3. The normalized spacial score (nSPS) is 24.8. The molecule has 1 aromatic heterocycles. The second kappa shape index (κ2) is 5.39. The molecule has 0 aliphatic heterocycles. The summed E-state index contributed by atoms with van der Waals surface area (Å²) >= 11 is 0. The van der Waals surface area contributed by atoms with E-state index in [1.54, 1.807) is 6.07 Å². The van der Waals surface area contributed by atoms with E-state index < -0.39 is 5.97 Å². The Morgan fingerprint density at radius 3 is 3.06 bits per heavy atom. The number of hydrogen-bond donors (Lipinski definition) is 1.